The molecule has 1 atom stereocenters. The van der Waals surface area contributed by atoms with Crippen LogP contribution in [0.4, 0.5) is 5.13 Å². The number of nitrogens with one attached hydrogen (secondary N) is 1. The fourth-order valence-corrected chi connectivity index (χ4v) is 2.56. The van der Waals surface area contributed by atoms with Gasteiger partial charge in [0.15, 0.2) is 5.13 Å². The van der Waals surface area contributed by atoms with Gasteiger partial charge in [-0.1, -0.05) is 0 Å². The van der Waals surface area contributed by atoms with Gasteiger partial charge >= 0.3 is 5.97 Å². The van der Waals surface area contributed by atoms with Crippen molar-refractivity contribution in [1.82, 2.24) is 4.98 Å². The lowest BCUT2D eigenvalue weighted by Gasteiger charge is -2.09. The summed E-state index contributed by atoms with van der Waals surface area (Å²) < 4.78 is 10.4. The maximum atomic E-state index is 11.3. The van der Waals surface area contributed by atoms with Crippen molar-refractivity contribution < 1.29 is 14.3 Å². The predicted molar refractivity (Wildman–Crippen MR) is 69.9 cm³/mol. The summed E-state index contributed by atoms with van der Waals surface area (Å²) in [6, 6.07) is 0. The molecule has 2 rings (SSSR count). The highest BCUT2D eigenvalue weighted by Crippen LogP contribution is 2.18. The predicted octanol–water partition coefficient (Wildman–Crippen LogP) is 1.84. The average molecular weight is 270 g/mol. The topological polar surface area (TPSA) is 60.5 Å². The summed E-state index contributed by atoms with van der Waals surface area (Å²) >= 11 is 1.51. The standard InChI is InChI=1S/C12H18N2O3S/c1-2-16-11(15)6-9-8-18-12(14-9)13-7-10-4-3-5-17-10/h8,10H,2-7H2,1H3,(H,13,14). The van der Waals surface area contributed by atoms with Crippen molar-refractivity contribution >= 4 is 22.4 Å². The highest BCUT2D eigenvalue weighted by atomic mass is 32.1. The van der Waals surface area contributed by atoms with E-state index in [1.165, 1.54) is 11.3 Å². The smallest absolute Gasteiger partial charge is 0.311 e. The van der Waals surface area contributed by atoms with Crippen LogP contribution < -0.4 is 5.32 Å². The van der Waals surface area contributed by atoms with E-state index < -0.39 is 0 Å². The summed E-state index contributed by atoms with van der Waals surface area (Å²) in [6.07, 6.45) is 2.78. The fraction of sp³-hybridized carbons (Fsp3) is 0.667. The van der Waals surface area contributed by atoms with Crippen LogP contribution in [0.25, 0.3) is 0 Å². The molecule has 1 saturated heterocycles. The van der Waals surface area contributed by atoms with E-state index >= 15 is 0 Å². The van der Waals surface area contributed by atoms with Gasteiger partial charge in [0.2, 0.25) is 0 Å². The summed E-state index contributed by atoms with van der Waals surface area (Å²) in [6.45, 7) is 3.85. The summed E-state index contributed by atoms with van der Waals surface area (Å²) in [5.74, 6) is -0.228. The van der Waals surface area contributed by atoms with Crippen molar-refractivity contribution in [2.75, 3.05) is 25.1 Å². The maximum absolute atomic E-state index is 11.3. The van der Waals surface area contributed by atoms with Crippen LogP contribution in [0.2, 0.25) is 0 Å². The maximum Gasteiger partial charge on any atom is 0.311 e. The number of hydrogen-bond donors (Lipinski definition) is 1. The minimum Gasteiger partial charge on any atom is -0.466 e. The second-order valence-corrected chi connectivity index (χ2v) is 5.00. The van der Waals surface area contributed by atoms with Crippen molar-refractivity contribution in [2.45, 2.75) is 32.3 Å². The van der Waals surface area contributed by atoms with E-state index in [9.17, 15) is 4.79 Å². The molecule has 0 amide bonds. The van der Waals surface area contributed by atoms with Crippen LogP contribution in [0.1, 0.15) is 25.5 Å². The molecule has 2 heterocycles. The normalized spacial score (nSPS) is 18.8. The number of nitrogens with zero attached hydrogens (tertiary/aromatic N) is 1. The molecule has 1 unspecified atom stereocenters. The summed E-state index contributed by atoms with van der Waals surface area (Å²) in [4.78, 5) is 15.6. The molecule has 5 nitrogen and oxygen atoms in total. The van der Waals surface area contributed by atoms with Crippen molar-refractivity contribution in [2.24, 2.45) is 0 Å². The van der Waals surface area contributed by atoms with Crippen LogP contribution in [-0.4, -0.2) is 36.8 Å². The van der Waals surface area contributed by atoms with Gasteiger partial charge in [-0.15, -0.1) is 11.3 Å². The number of esters is 1. The first-order valence-corrected chi connectivity index (χ1v) is 7.11. The highest BCUT2D eigenvalue weighted by Gasteiger charge is 2.15. The Balaban J connectivity index is 1.76. The second kappa shape index (κ2) is 6.70. The number of hydrogen-bond acceptors (Lipinski definition) is 6. The zero-order valence-electron chi connectivity index (χ0n) is 10.5. The Hall–Kier alpha value is -1.14. The van der Waals surface area contributed by atoms with Gasteiger partial charge in [-0.3, -0.25) is 4.79 Å². The molecule has 0 aromatic carbocycles. The van der Waals surface area contributed by atoms with Gasteiger partial charge < -0.3 is 14.8 Å². The van der Waals surface area contributed by atoms with Crippen molar-refractivity contribution in [3.63, 3.8) is 0 Å². The number of carbonyl (C=O) groups is 1. The van der Waals surface area contributed by atoms with Crippen LogP contribution in [0.3, 0.4) is 0 Å². The lowest BCUT2D eigenvalue weighted by molar-refractivity contribution is -0.142. The SMILES string of the molecule is CCOC(=O)Cc1csc(NCC2CCCO2)n1. The van der Waals surface area contributed by atoms with Gasteiger partial charge in [-0.05, 0) is 19.8 Å². The Morgan fingerprint density at radius 1 is 1.72 bits per heavy atom. The van der Waals surface area contributed by atoms with E-state index in [0.29, 0.717) is 12.7 Å². The highest BCUT2D eigenvalue weighted by molar-refractivity contribution is 7.13. The van der Waals surface area contributed by atoms with Gasteiger partial charge in [-0.25, -0.2) is 4.98 Å². The number of ether oxygens (including phenoxy) is 2. The zero-order valence-corrected chi connectivity index (χ0v) is 11.3. The molecular formula is C12H18N2O3S. The number of thiazole rings is 1. The number of aromatic nitrogens is 1. The third kappa shape index (κ3) is 3.96. The van der Waals surface area contributed by atoms with Gasteiger partial charge in [0.25, 0.3) is 0 Å². The van der Waals surface area contributed by atoms with Crippen molar-refractivity contribution in [3.8, 4) is 0 Å². The summed E-state index contributed by atoms with van der Waals surface area (Å²) in [7, 11) is 0. The van der Waals surface area contributed by atoms with Gasteiger partial charge in [0.1, 0.15) is 0 Å². The minimum absolute atomic E-state index is 0.228. The Labute approximate surface area is 111 Å². The molecule has 1 aromatic rings. The summed E-state index contributed by atoms with van der Waals surface area (Å²) in [5.41, 5.74) is 0.758. The van der Waals surface area contributed by atoms with Crippen molar-refractivity contribution in [1.29, 1.82) is 0 Å². The van der Waals surface area contributed by atoms with Gasteiger partial charge in [0.05, 0.1) is 24.8 Å². The number of carbonyl (C=O) groups excluding carboxylic acids is 1. The molecule has 0 spiro atoms. The zero-order chi connectivity index (χ0) is 12.8. The van der Waals surface area contributed by atoms with Crippen molar-refractivity contribution in [3.05, 3.63) is 11.1 Å². The van der Waals surface area contributed by atoms with E-state index in [1.54, 1.807) is 6.92 Å². The molecule has 0 radical (unpaired) electrons. The van der Waals surface area contributed by atoms with Crippen LogP contribution in [-0.2, 0) is 20.7 Å². The Bertz CT molecular complexity index is 388. The first-order chi connectivity index (χ1) is 8.78. The summed E-state index contributed by atoms with van der Waals surface area (Å²) in [5, 5.41) is 5.96. The monoisotopic (exact) mass is 270 g/mol. The second-order valence-electron chi connectivity index (χ2n) is 4.14. The van der Waals surface area contributed by atoms with Crippen LogP contribution in [0.5, 0.6) is 0 Å². The van der Waals surface area contributed by atoms with E-state index in [-0.39, 0.29) is 12.4 Å². The molecule has 1 aromatic heterocycles. The lowest BCUT2D eigenvalue weighted by atomic mass is 10.2. The molecule has 0 saturated carbocycles. The molecule has 0 aliphatic carbocycles. The third-order valence-corrected chi connectivity index (χ3v) is 3.54. The van der Waals surface area contributed by atoms with Gasteiger partial charge in [0, 0.05) is 18.5 Å². The minimum atomic E-state index is -0.228. The first kappa shape index (κ1) is 13.3. The Kier molecular flexibility index (Phi) is 4.95. The van der Waals surface area contributed by atoms with Crippen LogP contribution in [0, 0.1) is 0 Å². The molecule has 18 heavy (non-hydrogen) atoms. The number of anilines is 1. The molecule has 6 heteroatoms. The molecule has 1 fully saturated rings. The van der Waals surface area contributed by atoms with E-state index in [1.807, 2.05) is 5.38 Å². The quantitative estimate of drug-likeness (QED) is 0.799. The lowest BCUT2D eigenvalue weighted by Crippen LogP contribution is -2.18. The molecule has 100 valence electrons. The van der Waals surface area contributed by atoms with E-state index in [2.05, 4.69) is 10.3 Å². The van der Waals surface area contributed by atoms with Crippen LogP contribution >= 0.6 is 11.3 Å². The molecule has 1 N–H and O–H groups in total. The Morgan fingerprint density at radius 2 is 2.61 bits per heavy atom. The van der Waals surface area contributed by atoms with E-state index in [4.69, 9.17) is 9.47 Å². The average Bonchev–Trinajstić information content (AvgIpc) is 2.97. The fourth-order valence-electron chi connectivity index (χ4n) is 1.84. The van der Waals surface area contributed by atoms with E-state index in [0.717, 1.165) is 36.8 Å². The molecule has 1 aliphatic heterocycles. The first-order valence-electron chi connectivity index (χ1n) is 6.23. The molecule has 0 bridgehead atoms. The van der Waals surface area contributed by atoms with Crippen LogP contribution in [0.15, 0.2) is 5.38 Å². The van der Waals surface area contributed by atoms with Gasteiger partial charge in [-0.2, -0.15) is 0 Å². The largest absolute Gasteiger partial charge is 0.466 e. The third-order valence-electron chi connectivity index (χ3n) is 2.69. The number of rotatable bonds is 6. The molecule has 1 aliphatic rings. The molecular weight excluding hydrogens is 252 g/mol. The Morgan fingerprint density at radius 3 is 3.33 bits per heavy atom.